The molecule has 0 aromatic heterocycles. The van der Waals surface area contributed by atoms with Crippen molar-refractivity contribution in [1.82, 2.24) is 0 Å². The zero-order valence-electron chi connectivity index (χ0n) is 8.99. The van der Waals surface area contributed by atoms with Crippen LogP contribution in [0.15, 0.2) is 12.1 Å². The zero-order valence-corrected chi connectivity index (χ0v) is 10.6. The SMILES string of the molecule is N#Cc1c(C(=O)CBr)ccc(C(F)(F)F)c1[N+](=O)[O-]. The molecule has 0 aliphatic heterocycles. The predicted octanol–water partition coefficient (Wildman–Crippen LogP) is 3.06. The predicted molar refractivity (Wildman–Crippen MR) is 60.9 cm³/mol. The lowest BCUT2D eigenvalue weighted by molar-refractivity contribution is -0.388. The Kier molecular flexibility index (Phi) is 4.26. The number of Topliss-reactive ketones (excluding diaryl/α,β-unsaturated/α-hetero) is 1. The van der Waals surface area contributed by atoms with Crippen molar-refractivity contribution in [3.8, 4) is 6.07 Å². The molecule has 1 aromatic rings. The van der Waals surface area contributed by atoms with E-state index < -0.39 is 39.3 Å². The fourth-order valence-corrected chi connectivity index (χ4v) is 1.73. The molecule has 0 radical (unpaired) electrons. The number of benzene rings is 1. The van der Waals surface area contributed by atoms with Gasteiger partial charge in [-0.3, -0.25) is 14.9 Å². The van der Waals surface area contributed by atoms with Crippen molar-refractivity contribution < 1.29 is 22.9 Å². The maximum atomic E-state index is 12.6. The van der Waals surface area contributed by atoms with Crippen LogP contribution in [0.25, 0.3) is 0 Å². The molecule has 0 fully saturated rings. The van der Waals surface area contributed by atoms with Crippen molar-refractivity contribution in [2.24, 2.45) is 0 Å². The first-order chi connectivity index (χ1) is 8.73. The Morgan fingerprint density at radius 3 is 2.42 bits per heavy atom. The van der Waals surface area contributed by atoms with E-state index in [1.165, 1.54) is 6.07 Å². The van der Waals surface area contributed by atoms with Crippen molar-refractivity contribution in [3.05, 3.63) is 38.9 Å². The standard InChI is InChI=1S/C10H4BrF3N2O3/c11-3-8(17)5-1-2-7(10(12,13)14)9(16(18)19)6(5)4-15/h1-2H,3H2. The van der Waals surface area contributed by atoms with Gasteiger partial charge in [-0.1, -0.05) is 15.9 Å². The van der Waals surface area contributed by atoms with Crippen molar-refractivity contribution in [2.75, 3.05) is 5.33 Å². The van der Waals surface area contributed by atoms with Crippen molar-refractivity contribution >= 4 is 27.4 Å². The van der Waals surface area contributed by atoms with Gasteiger partial charge in [0.25, 0.3) is 5.69 Å². The zero-order chi connectivity index (χ0) is 14.8. The third-order valence-corrected chi connectivity index (χ3v) is 2.71. The summed E-state index contributed by atoms with van der Waals surface area (Å²) in [5, 5.41) is 19.3. The summed E-state index contributed by atoms with van der Waals surface area (Å²) in [6.45, 7) is 0. The summed E-state index contributed by atoms with van der Waals surface area (Å²) in [5.74, 6) is -0.714. The number of carbonyl (C=O) groups excluding carboxylic acids is 1. The fourth-order valence-electron chi connectivity index (χ4n) is 1.43. The highest BCUT2D eigenvalue weighted by Crippen LogP contribution is 2.39. The fraction of sp³-hybridized carbons (Fsp3) is 0.200. The minimum Gasteiger partial charge on any atom is -0.293 e. The first-order valence-corrected chi connectivity index (χ1v) is 5.74. The summed E-state index contributed by atoms with van der Waals surface area (Å²) in [6.07, 6.45) is -4.98. The monoisotopic (exact) mass is 336 g/mol. The third kappa shape index (κ3) is 2.90. The van der Waals surface area contributed by atoms with Gasteiger partial charge in [-0.15, -0.1) is 0 Å². The van der Waals surface area contributed by atoms with Gasteiger partial charge in [-0.05, 0) is 12.1 Å². The molecule has 0 N–H and O–H groups in total. The third-order valence-electron chi connectivity index (χ3n) is 2.20. The number of nitrogens with zero attached hydrogens (tertiary/aromatic N) is 2. The average Bonchev–Trinajstić information content (AvgIpc) is 2.34. The van der Waals surface area contributed by atoms with Crippen LogP contribution >= 0.6 is 15.9 Å². The summed E-state index contributed by atoms with van der Waals surface area (Å²) >= 11 is 2.78. The Hall–Kier alpha value is -1.95. The topological polar surface area (TPSA) is 84.0 Å². The Morgan fingerprint density at radius 2 is 2.05 bits per heavy atom. The van der Waals surface area contributed by atoms with Gasteiger partial charge in [0.1, 0.15) is 17.2 Å². The van der Waals surface area contributed by atoms with Crippen LogP contribution in [0.1, 0.15) is 21.5 Å². The molecule has 1 rings (SSSR count). The Bertz CT molecular complexity index is 593. The van der Waals surface area contributed by atoms with Gasteiger partial charge in [0, 0.05) is 5.56 Å². The maximum Gasteiger partial charge on any atom is 0.423 e. The molecule has 0 saturated carbocycles. The molecule has 1 aromatic carbocycles. The number of alkyl halides is 4. The normalized spacial score (nSPS) is 10.9. The van der Waals surface area contributed by atoms with Crippen LogP contribution in [0.4, 0.5) is 18.9 Å². The lowest BCUT2D eigenvalue weighted by Gasteiger charge is -2.10. The van der Waals surface area contributed by atoms with E-state index in [1.54, 1.807) is 0 Å². The summed E-state index contributed by atoms with van der Waals surface area (Å²) in [5.41, 5.74) is -4.26. The smallest absolute Gasteiger partial charge is 0.293 e. The van der Waals surface area contributed by atoms with E-state index in [0.29, 0.717) is 6.07 Å². The van der Waals surface area contributed by atoms with Gasteiger partial charge in [-0.25, -0.2) is 0 Å². The highest BCUT2D eigenvalue weighted by atomic mass is 79.9. The molecule has 0 spiro atoms. The first-order valence-electron chi connectivity index (χ1n) is 4.61. The van der Waals surface area contributed by atoms with E-state index in [0.717, 1.165) is 6.07 Å². The lowest BCUT2D eigenvalue weighted by Crippen LogP contribution is -2.13. The number of carbonyl (C=O) groups is 1. The number of ketones is 1. The minimum atomic E-state index is -4.98. The number of halogens is 4. The number of nitro groups is 1. The van der Waals surface area contributed by atoms with E-state index >= 15 is 0 Å². The summed E-state index contributed by atoms with van der Waals surface area (Å²) in [4.78, 5) is 20.9. The van der Waals surface area contributed by atoms with E-state index in [9.17, 15) is 28.1 Å². The van der Waals surface area contributed by atoms with Crippen LogP contribution in [0, 0.1) is 21.4 Å². The number of hydrogen-bond acceptors (Lipinski definition) is 4. The average molecular weight is 337 g/mol. The molecule has 5 nitrogen and oxygen atoms in total. The summed E-state index contributed by atoms with van der Waals surface area (Å²) < 4.78 is 37.9. The first kappa shape index (κ1) is 15.1. The number of nitro benzene ring substituents is 1. The molecule has 0 saturated heterocycles. The Balaban J connectivity index is 3.73. The van der Waals surface area contributed by atoms with Crippen LogP contribution in [0.5, 0.6) is 0 Å². The van der Waals surface area contributed by atoms with Gasteiger partial charge in [-0.2, -0.15) is 18.4 Å². The summed E-state index contributed by atoms with van der Waals surface area (Å²) in [7, 11) is 0. The van der Waals surface area contributed by atoms with Crippen LogP contribution in [0.2, 0.25) is 0 Å². The van der Waals surface area contributed by atoms with Crippen molar-refractivity contribution in [3.63, 3.8) is 0 Å². The highest BCUT2D eigenvalue weighted by molar-refractivity contribution is 9.09. The molecular weight excluding hydrogens is 333 g/mol. The van der Waals surface area contributed by atoms with E-state index in [-0.39, 0.29) is 5.33 Å². The second-order valence-electron chi connectivity index (χ2n) is 3.31. The molecule has 9 heteroatoms. The molecule has 0 amide bonds. The van der Waals surface area contributed by atoms with Gasteiger partial charge in [0.2, 0.25) is 0 Å². The summed E-state index contributed by atoms with van der Waals surface area (Å²) in [6, 6.07) is 2.48. The van der Waals surface area contributed by atoms with Crippen molar-refractivity contribution in [1.29, 1.82) is 5.26 Å². The second-order valence-corrected chi connectivity index (χ2v) is 3.87. The highest BCUT2D eigenvalue weighted by Gasteiger charge is 2.41. The molecule has 0 aliphatic rings. The molecule has 0 unspecified atom stereocenters. The largest absolute Gasteiger partial charge is 0.423 e. The van der Waals surface area contributed by atoms with Crippen LogP contribution < -0.4 is 0 Å². The number of nitriles is 1. The number of rotatable bonds is 3. The van der Waals surface area contributed by atoms with Gasteiger partial charge in [0.15, 0.2) is 5.78 Å². The quantitative estimate of drug-likeness (QED) is 0.367. The Morgan fingerprint density at radius 1 is 1.47 bits per heavy atom. The van der Waals surface area contributed by atoms with Crippen LogP contribution in [0.3, 0.4) is 0 Å². The molecule has 100 valence electrons. The van der Waals surface area contributed by atoms with E-state index in [4.69, 9.17) is 5.26 Å². The molecule has 0 atom stereocenters. The molecule has 0 bridgehead atoms. The maximum absolute atomic E-state index is 12.6. The lowest BCUT2D eigenvalue weighted by atomic mass is 9.99. The minimum absolute atomic E-state index is 0.260. The molecule has 0 aliphatic carbocycles. The van der Waals surface area contributed by atoms with E-state index in [2.05, 4.69) is 15.9 Å². The van der Waals surface area contributed by atoms with Crippen LogP contribution in [-0.4, -0.2) is 16.0 Å². The van der Waals surface area contributed by atoms with Crippen molar-refractivity contribution in [2.45, 2.75) is 6.18 Å². The molecule has 0 heterocycles. The molecular formula is C10H4BrF3N2O3. The van der Waals surface area contributed by atoms with Gasteiger partial charge < -0.3 is 0 Å². The Labute approximate surface area is 112 Å². The van der Waals surface area contributed by atoms with Crippen LogP contribution in [-0.2, 0) is 6.18 Å². The second kappa shape index (κ2) is 5.36. The van der Waals surface area contributed by atoms with Gasteiger partial charge in [0.05, 0.1) is 10.3 Å². The van der Waals surface area contributed by atoms with Gasteiger partial charge >= 0.3 is 6.18 Å². The van der Waals surface area contributed by atoms with E-state index in [1.807, 2.05) is 0 Å². The molecule has 19 heavy (non-hydrogen) atoms. The number of hydrogen-bond donors (Lipinski definition) is 0.